The number of ether oxygens (including phenoxy) is 1. The Kier molecular flexibility index (Phi) is 3.57. The Labute approximate surface area is 105 Å². The van der Waals surface area contributed by atoms with Crippen LogP contribution in [0.1, 0.15) is 36.8 Å². The molecule has 0 atom stereocenters. The van der Waals surface area contributed by atoms with Gasteiger partial charge in [0.1, 0.15) is 5.69 Å². The first-order valence-electron chi connectivity index (χ1n) is 5.89. The summed E-state index contributed by atoms with van der Waals surface area (Å²) in [5, 5.41) is 1.24. The maximum atomic E-state index is 11.6. The van der Waals surface area contributed by atoms with Gasteiger partial charge in [-0.25, -0.2) is 4.79 Å². The first-order chi connectivity index (χ1) is 7.57. The number of hydrogen-bond donors (Lipinski definition) is 1. The summed E-state index contributed by atoms with van der Waals surface area (Å²) in [6.45, 7) is 13.3. The average Bonchev–Trinajstić information content (AvgIpc) is 2.59. The molecule has 0 bridgehead atoms. The van der Waals surface area contributed by atoms with E-state index < -0.39 is 8.07 Å². The van der Waals surface area contributed by atoms with Gasteiger partial charge in [0, 0.05) is 5.32 Å². The molecule has 17 heavy (non-hydrogen) atoms. The molecule has 3 nitrogen and oxygen atoms in total. The highest BCUT2D eigenvalue weighted by atomic mass is 28.3. The standard InChI is InChI=1S/C13H23NO2Si/c1-13(2,3)9-8-10(12(15)16-4)14-11(9)17(5,6)7/h8,14H,1-7H3. The third-order valence-corrected chi connectivity index (χ3v) is 4.68. The summed E-state index contributed by atoms with van der Waals surface area (Å²) < 4.78 is 4.78. The lowest BCUT2D eigenvalue weighted by Crippen LogP contribution is -2.43. The zero-order chi connectivity index (χ0) is 13.4. The second-order valence-electron chi connectivity index (χ2n) is 6.46. The minimum absolute atomic E-state index is 0.0401. The van der Waals surface area contributed by atoms with Crippen LogP contribution in [0, 0.1) is 0 Å². The van der Waals surface area contributed by atoms with Gasteiger partial charge in [0.2, 0.25) is 0 Å². The molecule has 1 rings (SSSR count). The number of nitrogens with one attached hydrogen (secondary N) is 1. The molecule has 0 aliphatic heterocycles. The molecule has 4 heteroatoms. The van der Waals surface area contributed by atoms with E-state index in [0.29, 0.717) is 5.69 Å². The maximum absolute atomic E-state index is 11.6. The second kappa shape index (κ2) is 4.33. The third-order valence-electron chi connectivity index (χ3n) is 2.78. The minimum Gasteiger partial charge on any atom is -0.464 e. The molecule has 1 aromatic rings. The van der Waals surface area contributed by atoms with Gasteiger partial charge in [-0.1, -0.05) is 40.4 Å². The molecular weight excluding hydrogens is 230 g/mol. The largest absolute Gasteiger partial charge is 0.464 e. The molecule has 0 spiro atoms. The topological polar surface area (TPSA) is 42.1 Å². The zero-order valence-corrected chi connectivity index (χ0v) is 12.9. The number of H-pyrrole nitrogens is 1. The quantitative estimate of drug-likeness (QED) is 0.650. The monoisotopic (exact) mass is 253 g/mol. The summed E-state index contributed by atoms with van der Waals surface area (Å²) in [6.07, 6.45) is 0. The van der Waals surface area contributed by atoms with Gasteiger partial charge in [-0.2, -0.15) is 0 Å². The maximum Gasteiger partial charge on any atom is 0.354 e. The molecule has 0 radical (unpaired) electrons. The van der Waals surface area contributed by atoms with E-state index in [0.717, 1.165) is 0 Å². The molecule has 1 heterocycles. The number of aromatic nitrogens is 1. The molecule has 0 fully saturated rings. The molecule has 0 aliphatic carbocycles. The van der Waals surface area contributed by atoms with E-state index in [-0.39, 0.29) is 11.4 Å². The van der Waals surface area contributed by atoms with Crippen LogP contribution in [-0.2, 0) is 10.2 Å². The Hall–Kier alpha value is -1.03. The van der Waals surface area contributed by atoms with E-state index in [4.69, 9.17) is 4.74 Å². The molecule has 1 N–H and O–H groups in total. The fraction of sp³-hybridized carbons (Fsp3) is 0.615. The lowest BCUT2D eigenvalue weighted by Gasteiger charge is -2.25. The highest BCUT2D eigenvalue weighted by molar-refractivity contribution is 6.88. The van der Waals surface area contributed by atoms with Gasteiger partial charge in [0.15, 0.2) is 0 Å². The summed E-state index contributed by atoms with van der Waals surface area (Å²) in [5.74, 6) is -0.292. The summed E-state index contributed by atoms with van der Waals surface area (Å²) in [6, 6.07) is 1.94. The Bertz CT molecular complexity index is 390. The van der Waals surface area contributed by atoms with E-state index in [1.165, 1.54) is 18.0 Å². The summed E-state index contributed by atoms with van der Waals surface area (Å²) in [5.41, 5.74) is 1.84. The molecule has 0 aromatic carbocycles. The van der Waals surface area contributed by atoms with Crippen LogP contribution < -0.4 is 5.32 Å². The number of esters is 1. The fourth-order valence-corrected chi connectivity index (χ4v) is 3.62. The van der Waals surface area contributed by atoms with Gasteiger partial charge in [-0.3, -0.25) is 0 Å². The van der Waals surface area contributed by atoms with Crippen molar-refractivity contribution in [2.75, 3.05) is 7.11 Å². The molecule has 0 saturated carbocycles. The summed E-state index contributed by atoms with van der Waals surface area (Å²) >= 11 is 0. The number of rotatable bonds is 2. The van der Waals surface area contributed by atoms with Crippen LogP contribution in [0.3, 0.4) is 0 Å². The van der Waals surface area contributed by atoms with Crippen molar-refractivity contribution >= 4 is 19.4 Å². The average molecular weight is 253 g/mol. The lowest BCUT2D eigenvalue weighted by molar-refractivity contribution is 0.0595. The lowest BCUT2D eigenvalue weighted by atomic mass is 9.89. The van der Waals surface area contributed by atoms with Crippen molar-refractivity contribution in [1.82, 2.24) is 4.98 Å². The van der Waals surface area contributed by atoms with Crippen LogP contribution in [0.2, 0.25) is 19.6 Å². The Morgan fingerprint density at radius 2 is 1.82 bits per heavy atom. The number of methoxy groups -OCH3 is 1. The number of carbonyl (C=O) groups is 1. The summed E-state index contributed by atoms with van der Waals surface area (Å²) in [4.78, 5) is 14.9. The number of hydrogen-bond acceptors (Lipinski definition) is 2. The van der Waals surface area contributed by atoms with Gasteiger partial charge in [-0.15, -0.1) is 0 Å². The predicted octanol–water partition coefficient (Wildman–Crippen LogP) is 2.64. The van der Waals surface area contributed by atoms with Gasteiger partial charge >= 0.3 is 5.97 Å². The highest BCUT2D eigenvalue weighted by Gasteiger charge is 2.30. The summed E-state index contributed by atoms with van der Waals surface area (Å²) in [7, 11) is -0.0780. The van der Waals surface area contributed by atoms with E-state index in [2.05, 4.69) is 45.4 Å². The van der Waals surface area contributed by atoms with Crippen molar-refractivity contribution in [3.63, 3.8) is 0 Å². The molecular formula is C13H23NO2Si. The van der Waals surface area contributed by atoms with Gasteiger partial charge in [-0.05, 0) is 17.0 Å². The van der Waals surface area contributed by atoms with Gasteiger partial charge in [0.25, 0.3) is 0 Å². The molecule has 1 aromatic heterocycles. The number of carbonyl (C=O) groups excluding carboxylic acids is 1. The van der Waals surface area contributed by atoms with Crippen LogP contribution in [0.25, 0.3) is 0 Å². The van der Waals surface area contributed by atoms with Crippen LogP contribution in [0.5, 0.6) is 0 Å². The Morgan fingerprint density at radius 3 is 2.12 bits per heavy atom. The first kappa shape index (κ1) is 14.0. The van der Waals surface area contributed by atoms with E-state index in [1.807, 2.05) is 6.07 Å². The van der Waals surface area contributed by atoms with E-state index >= 15 is 0 Å². The molecule has 0 aliphatic rings. The first-order valence-corrected chi connectivity index (χ1v) is 9.39. The van der Waals surface area contributed by atoms with E-state index in [1.54, 1.807) is 0 Å². The Balaban J connectivity index is 3.38. The van der Waals surface area contributed by atoms with Crippen LogP contribution in [0.4, 0.5) is 0 Å². The van der Waals surface area contributed by atoms with Crippen LogP contribution in [0.15, 0.2) is 6.07 Å². The van der Waals surface area contributed by atoms with Crippen molar-refractivity contribution in [1.29, 1.82) is 0 Å². The molecule has 96 valence electrons. The van der Waals surface area contributed by atoms with Gasteiger partial charge < -0.3 is 9.72 Å². The van der Waals surface area contributed by atoms with Crippen molar-refractivity contribution in [2.45, 2.75) is 45.8 Å². The van der Waals surface area contributed by atoms with Crippen LogP contribution >= 0.6 is 0 Å². The second-order valence-corrected chi connectivity index (χ2v) is 11.5. The minimum atomic E-state index is -1.49. The Morgan fingerprint density at radius 1 is 1.29 bits per heavy atom. The SMILES string of the molecule is COC(=O)c1cc(C(C)(C)C)c([Si](C)(C)C)[nH]1. The smallest absolute Gasteiger partial charge is 0.354 e. The zero-order valence-electron chi connectivity index (χ0n) is 11.9. The van der Waals surface area contributed by atoms with E-state index in [9.17, 15) is 4.79 Å². The molecule has 0 unspecified atom stereocenters. The van der Waals surface area contributed by atoms with Crippen molar-refractivity contribution < 1.29 is 9.53 Å². The third kappa shape index (κ3) is 3.00. The predicted molar refractivity (Wildman–Crippen MR) is 73.8 cm³/mol. The normalized spacial score (nSPS) is 12.6. The van der Waals surface area contributed by atoms with Crippen molar-refractivity contribution in [3.8, 4) is 0 Å². The number of aromatic amines is 1. The van der Waals surface area contributed by atoms with Crippen molar-refractivity contribution in [3.05, 3.63) is 17.3 Å². The van der Waals surface area contributed by atoms with Crippen LogP contribution in [-0.4, -0.2) is 26.1 Å². The molecule has 0 saturated heterocycles. The molecule has 0 amide bonds. The van der Waals surface area contributed by atoms with Crippen molar-refractivity contribution in [2.24, 2.45) is 0 Å². The fourth-order valence-electron chi connectivity index (χ4n) is 1.86. The van der Waals surface area contributed by atoms with Gasteiger partial charge in [0.05, 0.1) is 15.2 Å². The highest BCUT2D eigenvalue weighted by Crippen LogP contribution is 2.24.